The van der Waals surface area contributed by atoms with Gasteiger partial charge in [0.2, 0.25) is 0 Å². The van der Waals surface area contributed by atoms with E-state index in [-0.39, 0.29) is 5.91 Å². The van der Waals surface area contributed by atoms with Gasteiger partial charge < -0.3 is 14.8 Å². The lowest BCUT2D eigenvalue weighted by molar-refractivity contribution is -0.127. The summed E-state index contributed by atoms with van der Waals surface area (Å²) in [5.41, 5.74) is 3.12. The summed E-state index contributed by atoms with van der Waals surface area (Å²) in [6, 6.07) is 13.7. The van der Waals surface area contributed by atoms with Gasteiger partial charge >= 0.3 is 0 Å². The Morgan fingerprint density at radius 1 is 1.17 bits per heavy atom. The number of ether oxygens (including phenoxy) is 2. The average Bonchev–Trinajstić information content (AvgIpc) is 2.56. The fourth-order valence-corrected chi connectivity index (χ4v) is 2.32. The van der Waals surface area contributed by atoms with Crippen molar-refractivity contribution in [3.05, 3.63) is 59.2 Å². The minimum Gasteiger partial charge on any atom is -0.494 e. The lowest BCUT2D eigenvalue weighted by Crippen LogP contribution is -2.36. The molecule has 0 heterocycles. The van der Waals surface area contributed by atoms with Crippen LogP contribution in [0.1, 0.15) is 30.5 Å². The van der Waals surface area contributed by atoms with E-state index in [2.05, 4.69) is 5.32 Å². The standard InChI is InChI=1S/C20H25NO3/c1-5-23-18-8-6-7-17(12-18)13-21-20(22)16(4)24-19-11-14(2)9-10-15(19)3/h6-12,16H,5,13H2,1-4H3,(H,21,22)/t16-/m0/s1. The first-order valence-electron chi connectivity index (χ1n) is 8.23. The Morgan fingerprint density at radius 2 is 1.96 bits per heavy atom. The van der Waals surface area contributed by atoms with E-state index in [4.69, 9.17) is 9.47 Å². The molecule has 0 saturated heterocycles. The van der Waals surface area contributed by atoms with E-state index in [1.165, 1.54) is 0 Å². The van der Waals surface area contributed by atoms with Crippen LogP contribution in [0.15, 0.2) is 42.5 Å². The maximum Gasteiger partial charge on any atom is 0.261 e. The third kappa shape index (κ3) is 5.01. The fourth-order valence-electron chi connectivity index (χ4n) is 2.32. The molecule has 4 heteroatoms. The maximum absolute atomic E-state index is 12.3. The summed E-state index contributed by atoms with van der Waals surface area (Å²) >= 11 is 0. The number of aryl methyl sites for hydroxylation is 2. The van der Waals surface area contributed by atoms with E-state index in [1.807, 2.05) is 63.2 Å². The summed E-state index contributed by atoms with van der Waals surface area (Å²) in [4.78, 5) is 12.3. The van der Waals surface area contributed by atoms with Crippen LogP contribution in [0.25, 0.3) is 0 Å². The minimum atomic E-state index is -0.555. The van der Waals surface area contributed by atoms with Crippen molar-refractivity contribution in [1.82, 2.24) is 5.32 Å². The molecule has 0 saturated carbocycles. The lowest BCUT2D eigenvalue weighted by Gasteiger charge is -2.17. The van der Waals surface area contributed by atoms with Crippen LogP contribution in [0.5, 0.6) is 11.5 Å². The summed E-state index contributed by atoms with van der Waals surface area (Å²) in [6.45, 7) is 8.74. The second-order valence-electron chi connectivity index (χ2n) is 5.83. The van der Waals surface area contributed by atoms with E-state index in [9.17, 15) is 4.79 Å². The largest absolute Gasteiger partial charge is 0.494 e. The van der Waals surface area contributed by atoms with Crippen molar-refractivity contribution in [2.75, 3.05) is 6.61 Å². The second-order valence-corrected chi connectivity index (χ2v) is 5.83. The quantitative estimate of drug-likeness (QED) is 0.842. The van der Waals surface area contributed by atoms with E-state index < -0.39 is 6.10 Å². The van der Waals surface area contributed by atoms with Crippen LogP contribution in [0.4, 0.5) is 0 Å². The zero-order valence-electron chi connectivity index (χ0n) is 14.8. The molecule has 0 bridgehead atoms. The van der Waals surface area contributed by atoms with Crippen LogP contribution < -0.4 is 14.8 Å². The van der Waals surface area contributed by atoms with Gasteiger partial charge in [-0.2, -0.15) is 0 Å². The molecule has 1 N–H and O–H groups in total. The van der Waals surface area contributed by atoms with Gasteiger partial charge in [0, 0.05) is 6.54 Å². The third-order valence-corrected chi connectivity index (χ3v) is 3.69. The molecule has 0 spiro atoms. The monoisotopic (exact) mass is 327 g/mol. The highest BCUT2D eigenvalue weighted by Gasteiger charge is 2.15. The van der Waals surface area contributed by atoms with Crippen LogP contribution in [0.3, 0.4) is 0 Å². The van der Waals surface area contributed by atoms with E-state index in [0.29, 0.717) is 13.2 Å². The Hall–Kier alpha value is -2.49. The van der Waals surface area contributed by atoms with Gasteiger partial charge in [0.25, 0.3) is 5.91 Å². The van der Waals surface area contributed by atoms with Crippen LogP contribution in [-0.2, 0) is 11.3 Å². The molecule has 24 heavy (non-hydrogen) atoms. The molecule has 0 aliphatic rings. The highest BCUT2D eigenvalue weighted by atomic mass is 16.5. The van der Waals surface area contributed by atoms with Crippen molar-refractivity contribution in [3.63, 3.8) is 0 Å². The van der Waals surface area contributed by atoms with Crippen LogP contribution in [-0.4, -0.2) is 18.6 Å². The Balaban J connectivity index is 1.92. The Morgan fingerprint density at radius 3 is 2.71 bits per heavy atom. The number of carbonyl (C=O) groups is 1. The first kappa shape index (κ1) is 17.9. The van der Waals surface area contributed by atoms with Crippen LogP contribution in [0, 0.1) is 13.8 Å². The number of benzene rings is 2. The van der Waals surface area contributed by atoms with Crippen molar-refractivity contribution in [3.8, 4) is 11.5 Å². The van der Waals surface area contributed by atoms with Gasteiger partial charge in [-0.1, -0.05) is 24.3 Å². The van der Waals surface area contributed by atoms with Crippen molar-refractivity contribution in [2.24, 2.45) is 0 Å². The Kier molecular flexibility index (Phi) is 6.24. The smallest absolute Gasteiger partial charge is 0.261 e. The molecule has 2 rings (SSSR count). The first-order valence-corrected chi connectivity index (χ1v) is 8.23. The molecule has 2 aromatic carbocycles. The summed E-state index contributed by atoms with van der Waals surface area (Å²) in [5, 5.41) is 2.90. The van der Waals surface area contributed by atoms with Crippen molar-refractivity contribution >= 4 is 5.91 Å². The number of carbonyl (C=O) groups excluding carboxylic acids is 1. The van der Waals surface area contributed by atoms with Crippen LogP contribution in [0.2, 0.25) is 0 Å². The van der Waals surface area contributed by atoms with Crippen molar-refractivity contribution in [2.45, 2.75) is 40.3 Å². The van der Waals surface area contributed by atoms with Gasteiger partial charge in [-0.3, -0.25) is 4.79 Å². The van der Waals surface area contributed by atoms with Gasteiger partial charge in [-0.25, -0.2) is 0 Å². The molecular formula is C20H25NO3. The summed E-state index contributed by atoms with van der Waals surface area (Å²) in [6.07, 6.45) is -0.555. The normalized spacial score (nSPS) is 11.7. The SMILES string of the molecule is CCOc1cccc(CNC(=O)[C@H](C)Oc2cc(C)ccc2C)c1. The number of amides is 1. The Labute approximate surface area is 143 Å². The van der Waals surface area contributed by atoms with Crippen molar-refractivity contribution in [1.29, 1.82) is 0 Å². The van der Waals surface area contributed by atoms with Gasteiger partial charge in [0.05, 0.1) is 6.61 Å². The van der Waals surface area contributed by atoms with E-state index in [1.54, 1.807) is 6.92 Å². The average molecular weight is 327 g/mol. The third-order valence-electron chi connectivity index (χ3n) is 3.69. The van der Waals surface area contributed by atoms with Gasteiger partial charge in [0.1, 0.15) is 11.5 Å². The molecule has 0 fully saturated rings. The molecule has 0 unspecified atom stereocenters. The molecule has 1 atom stereocenters. The molecule has 0 aliphatic carbocycles. The molecule has 0 aromatic heterocycles. The second kappa shape index (κ2) is 8.39. The zero-order chi connectivity index (χ0) is 17.5. The molecule has 4 nitrogen and oxygen atoms in total. The fraction of sp³-hybridized carbons (Fsp3) is 0.350. The highest BCUT2D eigenvalue weighted by Crippen LogP contribution is 2.20. The van der Waals surface area contributed by atoms with E-state index in [0.717, 1.165) is 28.2 Å². The van der Waals surface area contributed by atoms with Gasteiger partial charge in [0.15, 0.2) is 6.10 Å². The van der Waals surface area contributed by atoms with Crippen LogP contribution >= 0.6 is 0 Å². The number of rotatable bonds is 7. The van der Waals surface area contributed by atoms with Gasteiger partial charge in [-0.05, 0) is 62.6 Å². The van der Waals surface area contributed by atoms with Crippen molar-refractivity contribution < 1.29 is 14.3 Å². The summed E-state index contributed by atoms with van der Waals surface area (Å²) < 4.78 is 11.3. The predicted octanol–water partition coefficient (Wildman–Crippen LogP) is 3.79. The highest BCUT2D eigenvalue weighted by molar-refractivity contribution is 5.80. The molecule has 0 radical (unpaired) electrons. The van der Waals surface area contributed by atoms with Gasteiger partial charge in [-0.15, -0.1) is 0 Å². The maximum atomic E-state index is 12.3. The molecule has 0 aliphatic heterocycles. The molecule has 128 valence electrons. The van der Waals surface area contributed by atoms with E-state index >= 15 is 0 Å². The zero-order valence-corrected chi connectivity index (χ0v) is 14.8. The predicted molar refractivity (Wildman–Crippen MR) is 95.5 cm³/mol. The molecular weight excluding hydrogens is 302 g/mol. The topological polar surface area (TPSA) is 47.6 Å². The lowest BCUT2D eigenvalue weighted by atomic mass is 10.1. The molecule has 1 amide bonds. The molecule has 2 aromatic rings. The Bertz CT molecular complexity index is 697. The minimum absolute atomic E-state index is 0.141. The summed E-state index contributed by atoms with van der Waals surface area (Å²) in [5.74, 6) is 1.41. The first-order chi connectivity index (χ1) is 11.5. The number of nitrogens with one attached hydrogen (secondary N) is 1. The summed E-state index contributed by atoms with van der Waals surface area (Å²) in [7, 11) is 0. The number of hydrogen-bond donors (Lipinski definition) is 1. The number of hydrogen-bond acceptors (Lipinski definition) is 3.